The minimum absolute atomic E-state index is 0.688. The van der Waals surface area contributed by atoms with Crippen LogP contribution in [0, 0.1) is 0 Å². The van der Waals surface area contributed by atoms with Gasteiger partial charge in [0, 0.05) is 19.3 Å². The van der Waals surface area contributed by atoms with Crippen molar-refractivity contribution in [2.75, 3.05) is 37.7 Å². The summed E-state index contributed by atoms with van der Waals surface area (Å²) in [5.74, 6) is 1.94. The highest BCUT2D eigenvalue weighted by atomic mass is 16.5. The van der Waals surface area contributed by atoms with Crippen LogP contribution in [-0.2, 0) is 0 Å². The highest BCUT2D eigenvalue weighted by Gasteiger charge is 2.15. The topological polar surface area (TPSA) is 41.0 Å². The van der Waals surface area contributed by atoms with E-state index in [1.165, 1.54) is 0 Å². The molecule has 0 saturated carbocycles. The quantitative estimate of drug-likeness (QED) is 0.796. The van der Waals surface area contributed by atoms with E-state index in [0.717, 1.165) is 43.3 Å². The first kappa shape index (κ1) is 15.3. The van der Waals surface area contributed by atoms with Gasteiger partial charge in [0.2, 0.25) is 0 Å². The molecule has 0 atom stereocenters. The third-order valence-corrected chi connectivity index (χ3v) is 3.79. The number of aromatic nitrogens is 1. The van der Waals surface area contributed by atoms with Gasteiger partial charge in [-0.25, -0.2) is 4.98 Å². The number of rotatable bonds is 5. The molecule has 5 nitrogen and oxygen atoms in total. The van der Waals surface area contributed by atoms with Crippen LogP contribution in [0.1, 0.15) is 12.5 Å². The molecular weight excluding hydrogens is 288 g/mol. The second kappa shape index (κ2) is 7.63. The zero-order valence-electron chi connectivity index (χ0n) is 13.4. The van der Waals surface area contributed by atoms with Crippen molar-refractivity contribution in [3.8, 4) is 5.75 Å². The largest absolute Gasteiger partial charge is 0.494 e. The minimum atomic E-state index is 0.688. The number of piperazine rings is 1. The Morgan fingerprint density at radius 1 is 1.09 bits per heavy atom. The first-order chi connectivity index (χ1) is 11.3. The van der Waals surface area contributed by atoms with Gasteiger partial charge in [-0.3, -0.25) is 5.01 Å². The zero-order valence-corrected chi connectivity index (χ0v) is 13.4. The lowest BCUT2D eigenvalue weighted by atomic mass is 10.2. The van der Waals surface area contributed by atoms with Crippen molar-refractivity contribution in [2.24, 2.45) is 5.10 Å². The molecule has 3 rings (SSSR count). The molecule has 1 aromatic carbocycles. The molecule has 0 radical (unpaired) electrons. The Hall–Kier alpha value is -2.56. The molecule has 1 saturated heterocycles. The lowest BCUT2D eigenvalue weighted by Crippen LogP contribution is -2.44. The van der Waals surface area contributed by atoms with Crippen molar-refractivity contribution < 1.29 is 4.74 Å². The highest BCUT2D eigenvalue weighted by Crippen LogP contribution is 2.13. The van der Waals surface area contributed by atoms with E-state index >= 15 is 0 Å². The van der Waals surface area contributed by atoms with Crippen molar-refractivity contribution >= 4 is 12.0 Å². The summed E-state index contributed by atoms with van der Waals surface area (Å²) in [5, 5.41) is 6.68. The second-order valence-electron chi connectivity index (χ2n) is 5.38. The van der Waals surface area contributed by atoms with Crippen LogP contribution in [0.5, 0.6) is 5.75 Å². The lowest BCUT2D eigenvalue weighted by molar-refractivity contribution is 0.271. The fraction of sp³-hybridized carbons (Fsp3) is 0.333. The number of nitrogens with zero attached hydrogens (tertiary/aromatic N) is 4. The predicted molar refractivity (Wildman–Crippen MR) is 93.2 cm³/mol. The molecule has 2 aromatic rings. The molecule has 1 aliphatic heterocycles. The van der Waals surface area contributed by atoms with Gasteiger partial charge in [-0.2, -0.15) is 5.10 Å². The van der Waals surface area contributed by atoms with Gasteiger partial charge in [0.1, 0.15) is 11.6 Å². The third-order valence-electron chi connectivity index (χ3n) is 3.79. The summed E-state index contributed by atoms with van der Waals surface area (Å²) in [6.45, 7) is 6.37. The average molecular weight is 310 g/mol. The Morgan fingerprint density at radius 2 is 1.87 bits per heavy atom. The first-order valence-electron chi connectivity index (χ1n) is 8.03. The normalized spacial score (nSPS) is 15.2. The van der Waals surface area contributed by atoms with Crippen LogP contribution >= 0.6 is 0 Å². The van der Waals surface area contributed by atoms with E-state index in [1.807, 2.05) is 55.7 Å². The number of hydrazone groups is 1. The number of anilines is 1. The van der Waals surface area contributed by atoms with Crippen molar-refractivity contribution in [3.05, 3.63) is 54.2 Å². The van der Waals surface area contributed by atoms with Crippen LogP contribution in [0.3, 0.4) is 0 Å². The van der Waals surface area contributed by atoms with Crippen molar-refractivity contribution in [2.45, 2.75) is 6.92 Å². The van der Waals surface area contributed by atoms with E-state index in [1.54, 1.807) is 0 Å². The van der Waals surface area contributed by atoms with E-state index in [9.17, 15) is 0 Å². The van der Waals surface area contributed by atoms with Crippen LogP contribution in [0.25, 0.3) is 0 Å². The standard InChI is InChI=1S/C18H22N4O/c1-2-23-17-8-6-16(7-9-17)15-20-22-13-11-21(12-14-22)18-5-3-4-10-19-18/h3-10,15H,2,11-14H2,1H3. The fourth-order valence-electron chi connectivity index (χ4n) is 2.55. The lowest BCUT2D eigenvalue weighted by Gasteiger charge is -2.33. The summed E-state index contributed by atoms with van der Waals surface area (Å²) in [7, 11) is 0. The summed E-state index contributed by atoms with van der Waals surface area (Å²) in [4.78, 5) is 6.70. The van der Waals surface area contributed by atoms with Crippen LogP contribution in [-0.4, -0.2) is 49.0 Å². The van der Waals surface area contributed by atoms with E-state index < -0.39 is 0 Å². The zero-order chi connectivity index (χ0) is 15.9. The average Bonchev–Trinajstić information content (AvgIpc) is 2.63. The van der Waals surface area contributed by atoms with Gasteiger partial charge in [-0.15, -0.1) is 0 Å². The molecule has 2 heterocycles. The smallest absolute Gasteiger partial charge is 0.128 e. The molecule has 1 aromatic heterocycles. The number of benzene rings is 1. The molecule has 0 spiro atoms. The third kappa shape index (κ3) is 4.22. The second-order valence-corrected chi connectivity index (χ2v) is 5.38. The monoisotopic (exact) mass is 310 g/mol. The number of ether oxygens (including phenoxy) is 1. The number of hydrogen-bond donors (Lipinski definition) is 0. The maximum Gasteiger partial charge on any atom is 0.128 e. The van der Waals surface area contributed by atoms with Gasteiger partial charge < -0.3 is 9.64 Å². The Labute approximate surface area is 137 Å². The molecule has 0 amide bonds. The molecule has 1 fully saturated rings. The molecular formula is C18H22N4O. The Balaban J connectivity index is 1.52. The van der Waals surface area contributed by atoms with Crippen molar-refractivity contribution in [1.29, 1.82) is 0 Å². The first-order valence-corrected chi connectivity index (χ1v) is 8.03. The van der Waals surface area contributed by atoms with Crippen molar-refractivity contribution in [1.82, 2.24) is 9.99 Å². The van der Waals surface area contributed by atoms with E-state index in [2.05, 4.69) is 26.1 Å². The van der Waals surface area contributed by atoms with E-state index in [0.29, 0.717) is 6.61 Å². The van der Waals surface area contributed by atoms with Gasteiger partial charge in [0.15, 0.2) is 0 Å². The summed E-state index contributed by atoms with van der Waals surface area (Å²) in [6.07, 6.45) is 3.75. The van der Waals surface area contributed by atoms with Gasteiger partial charge in [-0.05, 0) is 48.9 Å². The fourth-order valence-corrected chi connectivity index (χ4v) is 2.55. The van der Waals surface area contributed by atoms with E-state index in [4.69, 9.17) is 4.74 Å². The molecule has 0 aliphatic carbocycles. The van der Waals surface area contributed by atoms with E-state index in [-0.39, 0.29) is 0 Å². The van der Waals surface area contributed by atoms with Crippen LogP contribution in [0.2, 0.25) is 0 Å². The molecule has 23 heavy (non-hydrogen) atoms. The van der Waals surface area contributed by atoms with Crippen molar-refractivity contribution in [3.63, 3.8) is 0 Å². The summed E-state index contributed by atoms with van der Waals surface area (Å²) < 4.78 is 5.44. The maximum absolute atomic E-state index is 5.44. The molecule has 1 aliphatic rings. The van der Waals surface area contributed by atoms with Gasteiger partial charge in [-0.1, -0.05) is 6.07 Å². The summed E-state index contributed by atoms with van der Waals surface area (Å²) >= 11 is 0. The number of pyridine rings is 1. The summed E-state index contributed by atoms with van der Waals surface area (Å²) in [5.41, 5.74) is 1.08. The predicted octanol–water partition coefficient (Wildman–Crippen LogP) is 2.64. The Kier molecular flexibility index (Phi) is 5.09. The van der Waals surface area contributed by atoms with Crippen LogP contribution in [0.4, 0.5) is 5.82 Å². The molecule has 0 bridgehead atoms. The van der Waals surface area contributed by atoms with Crippen LogP contribution < -0.4 is 9.64 Å². The molecule has 0 unspecified atom stereocenters. The molecule has 120 valence electrons. The van der Waals surface area contributed by atoms with Gasteiger partial charge >= 0.3 is 0 Å². The number of hydrogen-bond acceptors (Lipinski definition) is 5. The Morgan fingerprint density at radius 3 is 2.52 bits per heavy atom. The van der Waals surface area contributed by atoms with Gasteiger partial charge in [0.05, 0.1) is 25.9 Å². The maximum atomic E-state index is 5.44. The SMILES string of the molecule is CCOc1ccc(C=NN2CCN(c3ccccn3)CC2)cc1. The molecule has 5 heteroatoms. The molecule has 0 N–H and O–H groups in total. The summed E-state index contributed by atoms with van der Waals surface area (Å²) in [6, 6.07) is 14.0. The van der Waals surface area contributed by atoms with Crippen LogP contribution in [0.15, 0.2) is 53.8 Å². The van der Waals surface area contributed by atoms with Gasteiger partial charge in [0.25, 0.3) is 0 Å². The minimum Gasteiger partial charge on any atom is -0.494 e. The highest BCUT2D eigenvalue weighted by molar-refractivity contribution is 5.79. The Bertz CT molecular complexity index is 619.